The van der Waals surface area contributed by atoms with Crippen molar-refractivity contribution in [1.82, 2.24) is 0 Å². The smallest absolute Gasteiger partial charge is 0.308 e. The number of nitriles is 1. The molecule has 1 rings (SSSR count). The zero-order valence-electron chi connectivity index (χ0n) is 7.60. The number of aliphatic hydroxyl groups excluding tert-OH is 1. The molecule has 1 aromatic carbocycles. The third-order valence-corrected chi connectivity index (χ3v) is 1.59. The standard InChI is InChI=1S/C10H9NO3/c1-7(12)14-10-5-3-2-4-8(10)9(13)6-11/h2-5,9,13H,1H3. The normalized spacial score (nSPS) is 11.5. The van der Waals surface area contributed by atoms with Crippen LogP contribution in [0.4, 0.5) is 0 Å². The highest BCUT2D eigenvalue weighted by Gasteiger charge is 2.12. The van der Waals surface area contributed by atoms with Gasteiger partial charge in [0.1, 0.15) is 5.75 Å². The van der Waals surface area contributed by atoms with E-state index in [4.69, 9.17) is 10.00 Å². The maximum absolute atomic E-state index is 10.7. The number of ether oxygens (including phenoxy) is 1. The number of benzene rings is 1. The van der Waals surface area contributed by atoms with Gasteiger partial charge in [-0.05, 0) is 6.07 Å². The van der Waals surface area contributed by atoms with Crippen LogP contribution in [0, 0.1) is 11.3 Å². The van der Waals surface area contributed by atoms with Crippen LogP contribution in [0.1, 0.15) is 18.6 Å². The lowest BCUT2D eigenvalue weighted by Crippen LogP contribution is -2.05. The number of aliphatic hydroxyl groups is 1. The second-order valence-electron chi connectivity index (χ2n) is 2.66. The molecule has 0 fully saturated rings. The lowest BCUT2D eigenvalue weighted by atomic mass is 10.1. The predicted molar refractivity (Wildman–Crippen MR) is 48.3 cm³/mol. The zero-order valence-corrected chi connectivity index (χ0v) is 7.60. The van der Waals surface area contributed by atoms with Crippen LogP contribution in [0.15, 0.2) is 24.3 Å². The van der Waals surface area contributed by atoms with Gasteiger partial charge >= 0.3 is 5.97 Å². The molecule has 0 spiro atoms. The number of hydrogen-bond donors (Lipinski definition) is 1. The Kier molecular flexibility index (Phi) is 3.21. The summed E-state index contributed by atoms with van der Waals surface area (Å²) in [7, 11) is 0. The molecule has 0 aliphatic rings. The van der Waals surface area contributed by atoms with E-state index in [0.717, 1.165) is 0 Å². The molecule has 1 unspecified atom stereocenters. The highest BCUT2D eigenvalue weighted by atomic mass is 16.5. The van der Waals surface area contributed by atoms with Gasteiger partial charge in [-0.15, -0.1) is 0 Å². The van der Waals surface area contributed by atoms with Gasteiger partial charge in [-0.25, -0.2) is 0 Å². The Labute approximate surface area is 81.4 Å². The monoisotopic (exact) mass is 191 g/mol. The number of para-hydroxylation sites is 1. The summed E-state index contributed by atoms with van der Waals surface area (Å²) >= 11 is 0. The predicted octanol–water partition coefficient (Wildman–Crippen LogP) is 1.17. The van der Waals surface area contributed by atoms with Crippen LogP contribution < -0.4 is 4.74 Å². The van der Waals surface area contributed by atoms with E-state index in [0.29, 0.717) is 5.56 Å². The van der Waals surface area contributed by atoms with Gasteiger partial charge in [-0.3, -0.25) is 4.79 Å². The summed E-state index contributed by atoms with van der Waals surface area (Å²) in [5.41, 5.74) is 0.296. The fraction of sp³-hybridized carbons (Fsp3) is 0.200. The molecule has 0 saturated carbocycles. The van der Waals surface area contributed by atoms with Crippen molar-refractivity contribution in [1.29, 1.82) is 5.26 Å². The van der Waals surface area contributed by atoms with Gasteiger partial charge in [0.2, 0.25) is 0 Å². The van der Waals surface area contributed by atoms with Gasteiger partial charge in [0, 0.05) is 12.5 Å². The Bertz CT molecular complexity index is 381. The van der Waals surface area contributed by atoms with Crippen molar-refractivity contribution >= 4 is 5.97 Å². The van der Waals surface area contributed by atoms with Crippen LogP contribution in [-0.2, 0) is 4.79 Å². The van der Waals surface area contributed by atoms with E-state index < -0.39 is 12.1 Å². The van der Waals surface area contributed by atoms with Gasteiger partial charge in [-0.2, -0.15) is 5.26 Å². The number of carbonyl (C=O) groups excluding carboxylic acids is 1. The number of rotatable bonds is 2. The van der Waals surface area contributed by atoms with Crippen molar-refractivity contribution in [2.24, 2.45) is 0 Å². The molecule has 0 radical (unpaired) electrons. The molecule has 0 bridgehead atoms. The van der Waals surface area contributed by atoms with E-state index in [-0.39, 0.29) is 5.75 Å². The highest BCUT2D eigenvalue weighted by molar-refractivity contribution is 5.69. The molecule has 4 nitrogen and oxygen atoms in total. The summed E-state index contributed by atoms with van der Waals surface area (Å²) in [5.74, 6) is -0.267. The van der Waals surface area contributed by atoms with E-state index in [1.807, 2.05) is 0 Å². The summed E-state index contributed by atoms with van der Waals surface area (Å²) < 4.78 is 4.82. The molecule has 0 heterocycles. The molecule has 14 heavy (non-hydrogen) atoms. The quantitative estimate of drug-likeness (QED) is 0.432. The van der Waals surface area contributed by atoms with E-state index in [1.165, 1.54) is 19.1 Å². The average Bonchev–Trinajstić information content (AvgIpc) is 2.16. The van der Waals surface area contributed by atoms with Crippen LogP contribution in [0.25, 0.3) is 0 Å². The van der Waals surface area contributed by atoms with Gasteiger partial charge in [0.05, 0.1) is 6.07 Å². The van der Waals surface area contributed by atoms with Crippen LogP contribution in [0.5, 0.6) is 5.75 Å². The third-order valence-electron chi connectivity index (χ3n) is 1.59. The van der Waals surface area contributed by atoms with Crippen LogP contribution in [0.3, 0.4) is 0 Å². The van der Waals surface area contributed by atoms with Crippen molar-refractivity contribution in [3.63, 3.8) is 0 Å². The molecule has 1 aromatic rings. The molecule has 72 valence electrons. The second kappa shape index (κ2) is 4.40. The Hall–Kier alpha value is -1.86. The first-order valence-electron chi connectivity index (χ1n) is 4.00. The largest absolute Gasteiger partial charge is 0.426 e. The van der Waals surface area contributed by atoms with Crippen molar-refractivity contribution in [3.8, 4) is 11.8 Å². The summed E-state index contributed by atoms with van der Waals surface area (Å²) in [5, 5.41) is 17.8. The topological polar surface area (TPSA) is 70.3 Å². The molecule has 0 aliphatic heterocycles. The van der Waals surface area contributed by atoms with Gasteiger partial charge in [-0.1, -0.05) is 18.2 Å². The van der Waals surface area contributed by atoms with Gasteiger partial charge in [0.15, 0.2) is 6.10 Å². The number of hydrogen-bond acceptors (Lipinski definition) is 4. The van der Waals surface area contributed by atoms with E-state index in [9.17, 15) is 9.90 Å². The Morgan fingerprint density at radius 3 is 2.79 bits per heavy atom. The zero-order chi connectivity index (χ0) is 10.6. The van der Waals surface area contributed by atoms with Crippen molar-refractivity contribution in [3.05, 3.63) is 29.8 Å². The summed E-state index contributed by atoms with van der Waals surface area (Å²) in [6, 6.07) is 8.03. The summed E-state index contributed by atoms with van der Waals surface area (Å²) in [6.45, 7) is 1.26. The highest BCUT2D eigenvalue weighted by Crippen LogP contribution is 2.24. The Morgan fingerprint density at radius 1 is 1.57 bits per heavy atom. The molecule has 0 amide bonds. The fourth-order valence-electron chi connectivity index (χ4n) is 1.02. The molecule has 0 saturated heterocycles. The molecular weight excluding hydrogens is 182 g/mol. The average molecular weight is 191 g/mol. The Balaban J connectivity index is 3.04. The Morgan fingerprint density at radius 2 is 2.21 bits per heavy atom. The number of carbonyl (C=O) groups is 1. The van der Waals surface area contributed by atoms with Crippen molar-refractivity contribution < 1.29 is 14.6 Å². The molecule has 1 atom stereocenters. The number of esters is 1. The van der Waals surface area contributed by atoms with Crippen LogP contribution >= 0.6 is 0 Å². The second-order valence-corrected chi connectivity index (χ2v) is 2.66. The minimum atomic E-state index is -1.27. The first-order valence-corrected chi connectivity index (χ1v) is 4.00. The molecule has 0 aliphatic carbocycles. The van der Waals surface area contributed by atoms with E-state index in [1.54, 1.807) is 18.2 Å². The van der Waals surface area contributed by atoms with Crippen molar-refractivity contribution in [2.75, 3.05) is 0 Å². The van der Waals surface area contributed by atoms with Gasteiger partial charge < -0.3 is 9.84 Å². The first-order chi connectivity index (χ1) is 6.65. The first kappa shape index (κ1) is 10.2. The van der Waals surface area contributed by atoms with Gasteiger partial charge in [0.25, 0.3) is 0 Å². The minimum absolute atomic E-state index is 0.217. The molecule has 0 aromatic heterocycles. The third kappa shape index (κ3) is 2.31. The van der Waals surface area contributed by atoms with Crippen LogP contribution in [0.2, 0.25) is 0 Å². The lowest BCUT2D eigenvalue weighted by Gasteiger charge is -2.08. The maximum Gasteiger partial charge on any atom is 0.308 e. The SMILES string of the molecule is CC(=O)Oc1ccccc1C(O)C#N. The van der Waals surface area contributed by atoms with Crippen molar-refractivity contribution in [2.45, 2.75) is 13.0 Å². The summed E-state index contributed by atoms with van der Waals surface area (Å²) in [6.07, 6.45) is -1.27. The van der Waals surface area contributed by atoms with E-state index in [2.05, 4.69) is 0 Å². The fourth-order valence-corrected chi connectivity index (χ4v) is 1.02. The van der Waals surface area contributed by atoms with E-state index >= 15 is 0 Å². The molecular formula is C10H9NO3. The summed E-state index contributed by atoms with van der Waals surface area (Å²) in [4.78, 5) is 10.7. The maximum atomic E-state index is 10.7. The van der Waals surface area contributed by atoms with Crippen LogP contribution in [-0.4, -0.2) is 11.1 Å². The molecule has 1 N–H and O–H groups in total. The minimum Gasteiger partial charge on any atom is -0.426 e. The lowest BCUT2D eigenvalue weighted by molar-refractivity contribution is -0.131. The molecule has 4 heteroatoms. The number of nitrogens with zero attached hydrogens (tertiary/aromatic N) is 1.